The fraction of sp³-hybridized carbons (Fsp3) is 0.500. The lowest BCUT2D eigenvalue weighted by atomic mass is 9.92. The summed E-state index contributed by atoms with van der Waals surface area (Å²) in [5.74, 6) is -0.342. The summed E-state index contributed by atoms with van der Waals surface area (Å²) in [6.07, 6.45) is 0. The summed E-state index contributed by atoms with van der Waals surface area (Å²) in [4.78, 5) is 0. The Hall–Kier alpha value is -0.675. The van der Waals surface area contributed by atoms with Crippen molar-refractivity contribution in [2.24, 2.45) is 0 Å². The van der Waals surface area contributed by atoms with E-state index in [-0.39, 0.29) is 16.6 Å². The van der Waals surface area contributed by atoms with Crippen LogP contribution in [0.5, 0.6) is 0 Å². The molecule has 17 heavy (non-hydrogen) atoms. The summed E-state index contributed by atoms with van der Waals surface area (Å²) in [5, 5.41) is 0. The van der Waals surface area contributed by atoms with Crippen LogP contribution in [0.2, 0.25) is 0 Å². The second-order valence-electron chi connectivity index (χ2n) is 5.00. The van der Waals surface area contributed by atoms with E-state index in [9.17, 15) is 8.60 Å². The molecule has 0 heterocycles. The Morgan fingerprint density at radius 2 is 2.00 bits per heavy atom. The summed E-state index contributed by atoms with van der Waals surface area (Å²) in [6.45, 7) is 7.34. The molecule has 0 aromatic heterocycles. The van der Waals surface area contributed by atoms with Gasteiger partial charge >= 0.3 is 0 Å². The van der Waals surface area contributed by atoms with Gasteiger partial charge in [0.2, 0.25) is 0 Å². The number of hydrogen-bond acceptors (Lipinski definition) is 1. The van der Waals surface area contributed by atoms with Gasteiger partial charge in [0.05, 0.1) is 15.7 Å². The first-order valence-corrected chi connectivity index (χ1v) is 6.60. The second-order valence-corrected chi connectivity index (χ2v) is 7.00. The van der Waals surface area contributed by atoms with Gasteiger partial charge in [0.1, 0.15) is 13.7 Å². The SMILES string of the molecule is [B]c1ccc(F)c([C@@H](C)N[S@@](=O)C(C)(C)C)c1. The van der Waals surface area contributed by atoms with Crippen LogP contribution in [-0.2, 0) is 11.0 Å². The maximum atomic E-state index is 13.6. The second kappa shape index (κ2) is 5.31. The van der Waals surface area contributed by atoms with E-state index in [2.05, 4.69) is 4.72 Å². The maximum Gasteiger partial charge on any atom is 0.127 e. The van der Waals surface area contributed by atoms with Gasteiger partial charge in [-0.3, -0.25) is 0 Å². The Kier molecular flexibility index (Phi) is 4.50. The fourth-order valence-corrected chi connectivity index (χ4v) is 2.10. The zero-order chi connectivity index (χ0) is 13.2. The summed E-state index contributed by atoms with van der Waals surface area (Å²) < 4.78 is 28.0. The lowest BCUT2D eigenvalue weighted by molar-refractivity contribution is 0.572. The quantitative estimate of drug-likeness (QED) is 0.817. The fourth-order valence-electron chi connectivity index (χ4n) is 1.29. The Morgan fingerprint density at radius 1 is 1.41 bits per heavy atom. The molecule has 1 aromatic rings. The molecule has 0 saturated heterocycles. The third-order valence-electron chi connectivity index (χ3n) is 2.33. The first-order valence-electron chi connectivity index (χ1n) is 5.45. The molecule has 0 saturated carbocycles. The Balaban J connectivity index is 2.87. The molecule has 0 aliphatic rings. The molecule has 92 valence electrons. The molecule has 0 fully saturated rings. The smallest absolute Gasteiger partial charge is 0.127 e. The molecule has 1 N–H and O–H groups in total. The summed E-state index contributed by atoms with van der Waals surface area (Å²) in [7, 11) is 4.37. The molecular weight excluding hydrogens is 236 g/mol. The maximum absolute atomic E-state index is 13.6. The highest BCUT2D eigenvalue weighted by Gasteiger charge is 2.22. The van der Waals surface area contributed by atoms with Crippen LogP contribution in [-0.4, -0.2) is 16.8 Å². The van der Waals surface area contributed by atoms with Crippen molar-refractivity contribution < 1.29 is 8.60 Å². The van der Waals surface area contributed by atoms with Crippen molar-refractivity contribution in [2.75, 3.05) is 0 Å². The summed E-state index contributed by atoms with van der Waals surface area (Å²) in [5.41, 5.74) is 0.930. The van der Waals surface area contributed by atoms with Gasteiger partial charge < -0.3 is 0 Å². The van der Waals surface area contributed by atoms with Crippen LogP contribution in [0.25, 0.3) is 0 Å². The van der Waals surface area contributed by atoms with Crippen LogP contribution < -0.4 is 10.2 Å². The zero-order valence-electron chi connectivity index (χ0n) is 10.6. The van der Waals surface area contributed by atoms with Crippen molar-refractivity contribution in [2.45, 2.75) is 38.5 Å². The molecule has 5 heteroatoms. The van der Waals surface area contributed by atoms with Gasteiger partial charge in [-0.25, -0.2) is 13.3 Å². The molecule has 0 spiro atoms. The monoisotopic (exact) mass is 253 g/mol. The standard InChI is InChI=1S/C12H17BFNOS/c1-8(15-17(16)12(2,3)4)10-7-9(13)5-6-11(10)14/h5-8,15H,1-4H3/t8-,17+/m1/s1. The number of halogens is 1. The molecule has 1 rings (SSSR count). The van der Waals surface area contributed by atoms with E-state index in [0.29, 0.717) is 11.0 Å². The number of nitrogens with one attached hydrogen (secondary N) is 1. The van der Waals surface area contributed by atoms with Gasteiger partial charge in [0.15, 0.2) is 0 Å². The minimum atomic E-state index is -1.24. The predicted molar refractivity (Wildman–Crippen MR) is 71.2 cm³/mol. The Labute approximate surface area is 106 Å². The minimum Gasteiger partial charge on any atom is -0.242 e. The number of hydrogen-bond donors (Lipinski definition) is 1. The predicted octanol–water partition coefficient (Wildman–Crippen LogP) is 1.73. The Bertz CT molecular complexity index is 431. The highest BCUT2D eigenvalue weighted by atomic mass is 32.2. The van der Waals surface area contributed by atoms with Crippen LogP contribution in [0.3, 0.4) is 0 Å². The van der Waals surface area contributed by atoms with Gasteiger partial charge in [-0.05, 0) is 33.8 Å². The molecule has 0 bridgehead atoms. The van der Waals surface area contributed by atoms with Crippen molar-refractivity contribution in [1.82, 2.24) is 4.72 Å². The van der Waals surface area contributed by atoms with Gasteiger partial charge in [-0.15, -0.1) is 0 Å². The number of rotatable bonds is 3. The topological polar surface area (TPSA) is 29.1 Å². The van der Waals surface area contributed by atoms with Gasteiger partial charge in [-0.2, -0.15) is 0 Å². The van der Waals surface area contributed by atoms with Gasteiger partial charge in [-0.1, -0.05) is 17.6 Å². The average molecular weight is 253 g/mol. The van der Waals surface area contributed by atoms with Crippen molar-refractivity contribution in [1.29, 1.82) is 0 Å². The number of benzene rings is 1. The molecule has 0 aliphatic carbocycles. The first-order chi connectivity index (χ1) is 7.71. The van der Waals surface area contributed by atoms with E-state index in [1.807, 2.05) is 20.8 Å². The lowest BCUT2D eigenvalue weighted by Gasteiger charge is -2.22. The third kappa shape index (κ3) is 3.93. The molecule has 2 nitrogen and oxygen atoms in total. The molecule has 1 aromatic carbocycles. The van der Waals surface area contributed by atoms with Crippen molar-refractivity contribution >= 4 is 24.3 Å². The average Bonchev–Trinajstić information content (AvgIpc) is 2.20. The molecule has 0 unspecified atom stereocenters. The van der Waals surface area contributed by atoms with E-state index < -0.39 is 11.0 Å². The van der Waals surface area contributed by atoms with Crippen LogP contribution in [0.4, 0.5) is 4.39 Å². The van der Waals surface area contributed by atoms with Crippen molar-refractivity contribution in [3.8, 4) is 0 Å². The first kappa shape index (κ1) is 14.4. The molecule has 0 aliphatic heterocycles. The van der Waals surface area contributed by atoms with E-state index in [1.165, 1.54) is 12.1 Å². The van der Waals surface area contributed by atoms with Gasteiger partial charge in [0, 0.05) is 11.6 Å². The van der Waals surface area contributed by atoms with Crippen LogP contribution in [0.1, 0.15) is 39.3 Å². The zero-order valence-corrected chi connectivity index (χ0v) is 11.4. The van der Waals surface area contributed by atoms with E-state index in [4.69, 9.17) is 7.85 Å². The normalized spacial score (nSPS) is 15.6. The Morgan fingerprint density at radius 3 is 2.53 bits per heavy atom. The van der Waals surface area contributed by atoms with E-state index in [0.717, 1.165) is 0 Å². The molecular formula is C12H17BFNOS. The van der Waals surface area contributed by atoms with E-state index >= 15 is 0 Å². The van der Waals surface area contributed by atoms with Gasteiger partial charge in [0.25, 0.3) is 0 Å². The van der Waals surface area contributed by atoms with Crippen molar-refractivity contribution in [3.05, 3.63) is 29.6 Å². The highest BCUT2D eigenvalue weighted by Crippen LogP contribution is 2.18. The van der Waals surface area contributed by atoms with Crippen LogP contribution >= 0.6 is 0 Å². The molecule has 2 radical (unpaired) electrons. The lowest BCUT2D eigenvalue weighted by Crippen LogP contribution is -2.35. The van der Waals surface area contributed by atoms with Crippen LogP contribution in [0, 0.1) is 5.82 Å². The third-order valence-corrected chi connectivity index (χ3v) is 4.01. The van der Waals surface area contributed by atoms with Crippen LogP contribution in [0.15, 0.2) is 18.2 Å². The van der Waals surface area contributed by atoms with Crippen molar-refractivity contribution in [3.63, 3.8) is 0 Å². The molecule has 0 amide bonds. The summed E-state index contributed by atoms with van der Waals surface area (Å²) in [6, 6.07) is 4.04. The van der Waals surface area contributed by atoms with E-state index in [1.54, 1.807) is 13.0 Å². The highest BCUT2D eigenvalue weighted by molar-refractivity contribution is 7.84. The molecule has 2 atom stereocenters. The summed E-state index contributed by atoms with van der Waals surface area (Å²) >= 11 is 0. The largest absolute Gasteiger partial charge is 0.242 e. The minimum absolute atomic E-state index is 0.342.